The third-order valence-corrected chi connectivity index (χ3v) is 3.56. The van der Waals surface area contributed by atoms with Crippen LogP contribution < -0.4 is 0 Å². The normalized spacial score (nSPS) is 10.7. The summed E-state index contributed by atoms with van der Waals surface area (Å²) in [6.07, 6.45) is 5.59. The van der Waals surface area contributed by atoms with Crippen LogP contribution in [0.1, 0.15) is 12.2 Å². The number of imidazole rings is 1. The maximum Gasteiger partial charge on any atom is 0.307 e. The van der Waals surface area contributed by atoms with E-state index in [0.29, 0.717) is 28.9 Å². The van der Waals surface area contributed by atoms with Crippen LogP contribution in [0, 0.1) is 0 Å². The molecule has 0 saturated heterocycles. The topological polar surface area (TPSA) is 70.2 Å². The minimum atomic E-state index is -0.298. The molecule has 0 spiro atoms. The molecule has 3 aromatic rings. The molecule has 6 nitrogen and oxygen atoms in total. The Morgan fingerprint density at radius 1 is 1.35 bits per heavy atom. The molecule has 118 valence electrons. The van der Waals surface area contributed by atoms with Crippen molar-refractivity contribution in [1.82, 2.24) is 14.5 Å². The molecule has 7 heteroatoms. The van der Waals surface area contributed by atoms with E-state index in [-0.39, 0.29) is 12.4 Å². The van der Waals surface area contributed by atoms with Crippen LogP contribution in [0.4, 0.5) is 0 Å². The highest BCUT2D eigenvalue weighted by Gasteiger charge is 2.17. The van der Waals surface area contributed by atoms with Gasteiger partial charge in [-0.15, -0.1) is 0 Å². The minimum absolute atomic E-state index is 0.218. The second-order valence-electron chi connectivity index (χ2n) is 4.82. The summed E-state index contributed by atoms with van der Waals surface area (Å²) in [5.74, 6) is 0.314. The smallest absolute Gasteiger partial charge is 0.307 e. The first-order valence-corrected chi connectivity index (χ1v) is 7.36. The van der Waals surface area contributed by atoms with E-state index in [2.05, 4.69) is 14.7 Å². The highest BCUT2D eigenvalue weighted by Crippen LogP contribution is 2.27. The fourth-order valence-corrected chi connectivity index (χ4v) is 2.27. The molecule has 2 heterocycles. The van der Waals surface area contributed by atoms with Crippen molar-refractivity contribution in [1.29, 1.82) is 0 Å². The molecule has 3 rings (SSSR count). The van der Waals surface area contributed by atoms with Crippen molar-refractivity contribution < 1.29 is 13.9 Å². The number of ether oxygens (including phenoxy) is 1. The first-order valence-electron chi connectivity index (χ1n) is 6.98. The lowest BCUT2D eigenvalue weighted by Crippen LogP contribution is -2.02. The van der Waals surface area contributed by atoms with Crippen LogP contribution in [0.2, 0.25) is 5.02 Å². The molecule has 0 aliphatic carbocycles. The summed E-state index contributed by atoms with van der Waals surface area (Å²) in [5.41, 5.74) is 1.54. The molecule has 0 bridgehead atoms. The van der Waals surface area contributed by atoms with Gasteiger partial charge in [-0.05, 0) is 12.1 Å². The minimum Gasteiger partial charge on any atom is -0.469 e. The fraction of sp³-hybridized carbons (Fsp3) is 0.188. The number of benzene rings is 1. The van der Waals surface area contributed by atoms with Gasteiger partial charge in [0.2, 0.25) is 0 Å². The zero-order valence-corrected chi connectivity index (χ0v) is 13.2. The molecule has 0 saturated carbocycles. The van der Waals surface area contributed by atoms with Crippen LogP contribution in [0.3, 0.4) is 0 Å². The number of hydrogen-bond acceptors (Lipinski definition) is 5. The van der Waals surface area contributed by atoms with E-state index < -0.39 is 0 Å². The van der Waals surface area contributed by atoms with Gasteiger partial charge in [0, 0.05) is 29.4 Å². The van der Waals surface area contributed by atoms with Gasteiger partial charge in [0.05, 0.1) is 13.5 Å². The van der Waals surface area contributed by atoms with Gasteiger partial charge in [-0.1, -0.05) is 23.7 Å². The number of aryl methyl sites for hydroxylation is 1. The van der Waals surface area contributed by atoms with Gasteiger partial charge < -0.3 is 9.15 Å². The van der Waals surface area contributed by atoms with Crippen molar-refractivity contribution in [3.05, 3.63) is 53.8 Å². The van der Waals surface area contributed by atoms with E-state index in [4.69, 9.17) is 16.0 Å². The van der Waals surface area contributed by atoms with Crippen molar-refractivity contribution >= 4 is 17.6 Å². The lowest BCUT2D eigenvalue weighted by molar-refractivity contribution is -0.140. The number of methoxy groups -OCH3 is 1. The van der Waals surface area contributed by atoms with Crippen molar-refractivity contribution in [2.75, 3.05) is 7.11 Å². The molecule has 0 fully saturated rings. The molecular formula is C16H14ClN3O3. The maximum atomic E-state index is 11.4. The Kier molecular flexibility index (Phi) is 4.43. The predicted octanol–water partition coefficient (Wildman–Crippen LogP) is 3.29. The number of halogens is 1. The van der Waals surface area contributed by atoms with Gasteiger partial charge in [0.1, 0.15) is 17.8 Å². The van der Waals surface area contributed by atoms with Gasteiger partial charge in [0.25, 0.3) is 0 Å². The molecule has 23 heavy (non-hydrogen) atoms. The summed E-state index contributed by atoms with van der Waals surface area (Å²) in [7, 11) is 1.36. The van der Waals surface area contributed by atoms with E-state index in [1.807, 2.05) is 12.1 Å². The SMILES string of the molecule is COC(=O)CCc1oc(-n2ccnc2)nc1-c1ccc(Cl)cc1. The lowest BCUT2D eigenvalue weighted by atomic mass is 10.1. The summed E-state index contributed by atoms with van der Waals surface area (Å²) < 4.78 is 12.2. The van der Waals surface area contributed by atoms with E-state index in [1.54, 1.807) is 35.4 Å². The van der Waals surface area contributed by atoms with Gasteiger partial charge in [0.15, 0.2) is 0 Å². The molecule has 0 amide bonds. The highest BCUT2D eigenvalue weighted by molar-refractivity contribution is 6.30. The monoisotopic (exact) mass is 331 g/mol. The largest absolute Gasteiger partial charge is 0.469 e. The number of aromatic nitrogens is 3. The van der Waals surface area contributed by atoms with Crippen molar-refractivity contribution in [3.8, 4) is 17.3 Å². The van der Waals surface area contributed by atoms with Crippen LogP contribution in [-0.2, 0) is 16.0 Å². The van der Waals surface area contributed by atoms with E-state index in [9.17, 15) is 4.79 Å². The molecule has 1 aromatic carbocycles. The summed E-state index contributed by atoms with van der Waals surface area (Å²) in [6, 6.07) is 7.69. The van der Waals surface area contributed by atoms with Crippen LogP contribution in [0.5, 0.6) is 0 Å². The van der Waals surface area contributed by atoms with Gasteiger partial charge in [-0.3, -0.25) is 9.36 Å². The Balaban J connectivity index is 1.97. The molecule has 0 radical (unpaired) electrons. The molecule has 0 unspecified atom stereocenters. The number of esters is 1. The summed E-state index contributed by atoms with van der Waals surface area (Å²) in [4.78, 5) is 19.9. The Labute approximate surface area is 137 Å². The predicted molar refractivity (Wildman–Crippen MR) is 84.4 cm³/mol. The van der Waals surface area contributed by atoms with Gasteiger partial charge >= 0.3 is 12.0 Å². The Hall–Kier alpha value is -2.60. The van der Waals surface area contributed by atoms with E-state index in [1.165, 1.54) is 7.11 Å². The second-order valence-corrected chi connectivity index (χ2v) is 5.26. The number of hydrogen-bond donors (Lipinski definition) is 0. The zero-order valence-electron chi connectivity index (χ0n) is 12.4. The van der Waals surface area contributed by atoms with Crippen LogP contribution >= 0.6 is 11.6 Å². The average Bonchev–Trinajstić information content (AvgIpc) is 3.22. The molecule has 0 aliphatic rings. The molecule has 2 aromatic heterocycles. The number of oxazole rings is 1. The quantitative estimate of drug-likeness (QED) is 0.671. The van der Waals surface area contributed by atoms with Crippen molar-refractivity contribution in [2.45, 2.75) is 12.8 Å². The van der Waals surface area contributed by atoms with Crippen molar-refractivity contribution in [3.63, 3.8) is 0 Å². The maximum absolute atomic E-state index is 11.4. The van der Waals surface area contributed by atoms with Crippen LogP contribution in [0.15, 0.2) is 47.4 Å². The Morgan fingerprint density at radius 3 is 2.78 bits per heavy atom. The van der Waals surface area contributed by atoms with Crippen LogP contribution in [-0.4, -0.2) is 27.6 Å². The third kappa shape index (κ3) is 3.43. The van der Waals surface area contributed by atoms with Gasteiger partial charge in [-0.2, -0.15) is 4.98 Å². The Morgan fingerprint density at radius 2 is 2.13 bits per heavy atom. The second kappa shape index (κ2) is 6.66. The van der Waals surface area contributed by atoms with E-state index >= 15 is 0 Å². The standard InChI is InChI=1S/C16H14ClN3O3/c1-22-14(21)7-6-13-15(11-2-4-12(17)5-3-11)19-16(23-13)20-9-8-18-10-20/h2-5,8-10H,6-7H2,1H3. The van der Waals surface area contributed by atoms with Crippen LogP contribution in [0.25, 0.3) is 17.3 Å². The average molecular weight is 332 g/mol. The lowest BCUT2D eigenvalue weighted by Gasteiger charge is -2.01. The number of carbonyl (C=O) groups excluding carboxylic acids is 1. The molecule has 0 aliphatic heterocycles. The number of carbonyl (C=O) groups is 1. The summed E-state index contributed by atoms with van der Waals surface area (Å²) in [5, 5.41) is 0.642. The first kappa shape index (κ1) is 15.3. The number of rotatable bonds is 5. The molecule has 0 N–H and O–H groups in total. The van der Waals surface area contributed by atoms with Gasteiger partial charge in [-0.25, -0.2) is 4.98 Å². The third-order valence-electron chi connectivity index (χ3n) is 3.31. The summed E-state index contributed by atoms with van der Waals surface area (Å²) in [6.45, 7) is 0. The zero-order chi connectivity index (χ0) is 16.2. The fourth-order valence-electron chi connectivity index (χ4n) is 2.14. The summed E-state index contributed by atoms with van der Waals surface area (Å²) >= 11 is 5.93. The number of nitrogens with zero attached hydrogens (tertiary/aromatic N) is 3. The van der Waals surface area contributed by atoms with E-state index in [0.717, 1.165) is 5.56 Å². The highest BCUT2D eigenvalue weighted by atomic mass is 35.5. The van der Waals surface area contributed by atoms with Crippen molar-refractivity contribution in [2.24, 2.45) is 0 Å². The Bertz CT molecular complexity index is 795. The first-order chi connectivity index (χ1) is 11.2. The molecular weight excluding hydrogens is 318 g/mol. The molecule has 0 atom stereocenters.